The number of carboxylic acids is 1. The number of aliphatic carboxylic acids is 1. The van der Waals surface area contributed by atoms with Crippen LogP contribution in [0.2, 0.25) is 0 Å². The fourth-order valence-corrected chi connectivity index (χ4v) is 1.18. The summed E-state index contributed by atoms with van der Waals surface area (Å²) in [5, 5.41) is 10.8. The van der Waals surface area contributed by atoms with Crippen molar-refractivity contribution in [2.75, 3.05) is 13.1 Å². The number of hydrogen-bond acceptors (Lipinski definition) is 8. The molecule has 0 spiro atoms. The number of carboxylic acid groups (broad SMARTS) is 1. The smallest absolute Gasteiger partial charge is 0.326 e. The van der Waals surface area contributed by atoms with Crippen LogP contribution < -0.4 is 16.8 Å². The summed E-state index contributed by atoms with van der Waals surface area (Å²) in [6.07, 6.45) is -3.71. The quantitative estimate of drug-likeness (QED) is 0.389. The van der Waals surface area contributed by atoms with E-state index in [-0.39, 0.29) is 6.42 Å². The summed E-state index contributed by atoms with van der Waals surface area (Å²) >= 11 is 0. The summed E-state index contributed by atoms with van der Waals surface area (Å²) in [5.41, 5.74) is 10.4. The predicted octanol–water partition coefficient (Wildman–Crippen LogP) is -2.05. The molecule has 9 heteroatoms. The number of esters is 2. The molecule has 0 aliphatic carbocycles. The molecule has 21 heavy (non-hydrogen) atoms. The molecule has 6 N–H and O–H groups in total. The van der Waals surface area contributed by atoms with Gasteiger partial charge in [-0.3, -0.25) is 14.4 Å². The Balaban J connectivity index is 3.03. The van der Waals surface area contributed by atoms with Crippen molar-refractivity contribution in [3.63, 3.8) is 0 Å². The molecule has 0 aromatic rings. The Labute approximate surface area is 133 Å². The molecule has 0 saturated carbocycles. The van der Waals surface area contributed by atoms with Gasteiger partial charge in [-0.2, -0.15) is 0 Å². The van der Waals surface area contributed by atoms with Gasteiger partial charge in [-0.15, -0.1) is 0 Å². The number of rotatable bonds is 7. The van der Waals surface area contributed by atoms with Crippen molar-refractivity contribution < 1.29 is 39.9 Å². The number of ether oxygens (including phenoxy) is 2. The van der Waals surface area contributed by atoms with Crippen molar-refractivity contribution in [1.29, 1.82) is 0 Å². The molecule has 0 amide bonds. The highest BCUT2D eigenvalue weighted by atomic mass is 16.6. The van der Waals surface area contributed by atoms with Crippen molar-refractivity contribution in [3.8, 4) is 0 Å². The third-order valence-corrected chi connectivity index (χ3v) is 2.31. The lowest BCUT2D eigenvalue weighted by atomic mass is 10.2. The first-order valence-electron chi connectivity index (χ1n) is 9.69. The molecule has 1 aliphatic rings. The van der Waals surface area contributed by atoms with Crippen molar-refractivity contribution in [2.45, 2.75) is 43.9 Å². The van der Waals surface area contributed by atoms with Crippen molar-refractivity contribution in [2.24, 2.45) is 11.5 Å². The first kappa shape index (κ1) is 8.66. The minimum absolute atomic E-state index is 0.278. The molecule has 1 heterocycles. The Bertz CT molecular complexity index is 716. The third-order valence-electron chi connectivity index (χ3n) is 2.31. The number of nitrogens with two attached hydrogens (primary N) is 2. The van der Waals surface area contributed by atoms with Crippen LogP contribution in [0.4, 0.5) is 0 Å². The topological polar surface area (TPSA) is 154 Å². The molecule has 120 valence electrons. The molecular formula is C12H21N3O6. The molecule has 0 unspecified atom stereocenters. The number of hydrogen-bond donors (Lipinski definition) is 4. The van der Waals surface area contributed by atoms with Crippen LogP contribution in [0, 0.1) is 0 Å². The highest BCUT2D eigenvalue weighted by molar-refractivity contribution is 5.79. The minimum atomic E-state index is -3.66. The first-order chi connectivity index (χ1) is 12.6. The molecule has 1 aliphatic heterocycles. The van der Waals surface area contributed by atoms with E-state index in [2.05, 4.69) is 9.47 Å². The molecule has 1 rings (SSSR count). The maximum absolute atomic E-state index is 12.1. The van der Waals surface area contributed by atoms with Gasteiger partial charge in [0.25, 0.3) is 0 Å². The lowest BCUT2D eigenvalue weighted by Crippen LogP contribution is -2.46. The fraction of sp³-hybridized carbons (Fsp3) is 0.750. The van der Waals surface area contributed by atoms with Crippen LogP contribution >= 0.6 is 0 Å². The lowest BCUT2D eigenvalue weighted by Gasteiger charge is -2.19. The van der Waals surface area contributed by atoms with Crippen LogP contribution in [0.1, 0.15) is 30.7 Å². The van der Waals surface area contributed by atoms with Gasteiger partial charge in [-0.25, -0.2) is 0 Å². The number of carbonyl (C=O) groups is 3. The van der Waals surface area contributed by atoms with E-state index >= 15 is 0 Å². The van der Waals surface area contributed by atoms with Crippen molar-refractivity contribution in [3.05, 3.63) is 0 Å². The minimum Gasteiger partial charge on any atom is -0.480 e. The molecular weight excluding hydrogens is 282 g/mol. The molecule has 0 radical (unpaired) electrons. The SMILES string of the molecule is [2H]C1([2H])CC[C@@]([2H])(C(=O)OC([2H])([2H])[C@]([2H])(N)C(=O)O[C@]([2H])(C)[C@]([2H])(N)C(=O)O)N1. The molecule has 0 bridgehead atoms. The summed E-state index contributed by atoms with van der Waals surface area (Å²) in [4.78, 5) is 35.3. The van der Waals surface area contributed by atoms with Gasteiger partial charge in [0.2, 0.25) is 0 Å². The van der Waals surface area contributed by atoms with E-state index in [1.165, 1.54) is 0 Å². The van der Waals surface area contributed by atoms with Crippen LogP contribution in [0.5, 0.6) is 0 Å². The summed E-state index contributed by atoms with van der Waals surface area (Å²) in [6, 6.07) is -9.20. The molecule has 0 aromatic heterocycles. The molecule has 1 fully saturated rings. The Morgan fingerprint density at radius 3 is 2.81 bits per heavy atom. The van der Waals surface area contributed by atoms with Gasteiger partial charge in [-0.05, 0) is 26.3 Å². The highest BCUT2D eigenvalue weighted by Crippen LogP contribution is 2.07. The van der Waals surface area contributed by atoms with Crippen LogP contribution in [0.15, 0.2) is 0 Å². The van der Waals surface area contributed by atoms with E-state index in [0.29, 0.717) is 6.92 Å². The summed E-state index contributed by atoms with van der Waals surface area (Å²) < 4.78 is 69.5. The fourth-order valence-electron chi connectivity index (χ4n) is 1.18. The Morgan fingerprint density at radius 1 is 1.62 bits per heavy atom. The zero-order chi connectivity index (χ0) is 23.3. The van der Waals surface area contributed by atoms with Crippen LogP contribution in [-0.2, 0) is 23.9 Å². The Kier molecular flexibility index (Phi) is 3.26. The normalized spacial score (nSPS) is 38.8. The maximum atomic E-state index is 12.1. The second-order valence-corrected chi connectivity index (χ2v) is 3.85. The molecule has 0 aromatic carbocycles. The van der Waals surface area contributed by atoms with Gasteiger partial charge in [0.1, 0.15) is 30.7 Å². The first-order valence-corrected chi connectivity index (χ1v) is 5.69. The standard InChI is InChI=1S/C12H21N3O6/c1-6(9(14)10(16)17)21-11(18)7(13)5-20-12(19)8-3-2-4-15-8/h6-9,15H,2-5,13-14H2,1H3,(H,16,17)/t6-,7+,8+,9+/m1/s1/i4D2,5D2,6D,7D,8D,9D. The average molecular weight is 311 g/mol. The van der Waals surface area contributed by atoms with E-state index in [9.17, 15) is 14.4 Å². The number of carbonyl (C=O) groups excluding carboxylic acids is 2. The zero-order valence-corrected chi connectivity index (χ0v) is 11.1. The summed E-state index contributed by atoms with van der Waals surface area (Å²) in [7, 11) is 0. The summed E-state index contributed by atoms with van der Waals surface area (Å²) in [5.74, 6) is -5.82. The van der Waals surface area contributed by atoms with E-state index in [1.807, 2.05) is 5.32 Å². The van der Waals surface area contributed by atoms with Crippen molar-refractivity contribution in [1.82, 2.24) is 5.32 Å². The van der Waals surface area contributed by atoms with Gasteiger partial charge < -0.3 is 31.4 Å². The monoisotopic (exact) mass is 311 g/mol. The second-order valence-electron chi connectivity index (χ2n) is 3.85. The van der Waals surface area contributed by atoms with Crippen LogP contribution in [0.25, 0.3) is 0 Å². The number of nitrogens with one attached hydrogen (secondary N) is 1. The van der Waals surface area contributed by atoms with E-state index in [4.69, 9.17) is 27.5 Å². The average Bonchev–Trinajstić information content (AvgIpc) is 2.80. The lowest BCUT2D eigenvalue weighted by molar-refractivity contribution is -0.157. The molecule has 1 saturated heterocycles. The Morgan fingerprint density at radius 2 is 2.29 bits per heavy atom. The van der Waals surface area contributed by atoms with E-state index in [1.54, 1.807) is 0 Å². The third kappa shape index (κ3) is 5.29. The van der Waals surface area contributed by atoms with Gasteiger partial charge in [0.05, 0.1) is 8.22 Å². The largest absolute Gasteiger partial charge is 0.480 e. The Hall–Kier alpha value is -1.71. The van der Waals surface area contributed by atoms with Gasteiger partial charge in [0.15, 0.2) is 0 Å². The maximum Gasteiger partial charge on any atom is 0.326 e. The van der Waals surface area contributed by atoms with Gasteiger partial charge >= 0.3 is 17.9 Å². The predicted molar refractivity (Wildman–Crippen MR) is 71.1 cm³/mol. The van der Waals surface area contributed by atoms with Gasteiger partial charge in [0, 0.05) is 2.74 Å². The molecule has 4 atom stereocenters. The van der Waals surface area contributed by atoms with Crippen molar-refractivity contribution >= 4 is 17.9 Å². The highest BCUT2D eigenvalue weighted by Gasteiger charge is 2.28. The summed E-state index contributed by atoms with van der Waals surface area (Å²) in [6.45, 7) is -5.19. The van der Waals surface area contributed by atoms with E-state index in [0.717, 1.165) is 0 Å². The molecule has 9 nitrogen and oxygen atoms in total. The zero-order valence-electron chi connectivity index (χ0n) is 19.1. The van der Waals surface area contributed by atoms with Crippen LogP contribution in [-0.4, -0.2) is 60.2 Å². The van der Waals surface area contributed by atoms with E-state index < -0.39 is 61.5 Å². The second kappa shape index (κ2) is 7.91. The van der Waals surface area contributed by atoms with Crippen LogP contribution in [0.3, 0.4) is 0 Å². The van der Waals surface area contributed by atoms with Gasteiger partial charge in [-0.1, -0.05) is 0 Å².